The number of hydrogen-bond acceptors (Lipinski definition) is 6. The second-order valence-electron chi connectivity index (χ2n) is 7.67. The molecule has 1 aromatic heterocycles. The SMILES string of the molecule is O=C(NCCN1CCCC1)C1=NO[C@@]2(CCN(C(=O)Cc3ccsc3)C2)C1. The van der Waals surface area contributed by atoms with E-state index in [9.17, 15) is 9.59 Å². The third-order valence-corrected chi connectivity index (χ3v) is 6.35. The summed E-state index contributed by atoms with van der Waals surface area (Å²) in [5, 5.41) is 11.0. The fourth-order valence-corrected chi connectivity index (χ4v) is 4.70. The number of carbonyl (C=O) groups excluding carboxylic acids is 2. The van der Waals surface area contributed by atoms with Gasteiger partial charge in [0.2, 0.25) is 5.91 Å². The van der Waals surface area contributed by atoms with Crippen molar-refractivity contribution in [3.8, 4) is 0 Å². The highest BCUT2D eigenvalue weighted by Crippen LogP contribution is 2.34. The van der Waals surface area contributed by atoms with Gasteiger partial charge in [0.25, 0.3) is 5.91 Å². The number of thiophene rings is 1. The second-order valence-corrected chi connectivity index (χ2v) is 8.45. The van der Waals surface area contributed by atoms with Gasteiger partial charge in [-0.05, 0) is 48.3 Å². The molecule has 0 radical (unpaired) electrons. The number of likely N-dealkylation sites (tertiary alicyclic amines) is 2. The number of carbonyl (C=O) groups is 2. The zero-order valence-electron chi connectivity index (χ0n) is 15.5. The highest BCUT2D eigenvalue weighted by atomic mass is 32.1. The Labute approximate surface area is 163 Å². The van der Waals surface area contributed by atoms with Crippen molar-refractivity contribution in [2.45, 2.75) is 37.7 Å². The zero-order chi connectivity index (χ0) is 18.7. The first kappa shape index (κ1) is 18.4. The summed E-state index contributed by atoms with van der Waals surface area (Å²) >= 11 is 1.60. The van der Waals surface area contributed by atoms with Crippen molar-refractivity contribution in [1.82, 2.24) is 15.1 Å². The number of rotatable bonds is 6. The van der Waals surface area contributed by atoms with Crippen molar-refractivity contribution < 1.29 is 14.4 Å². The molecule has 0 aliphatic carbocycles. The quantitative estimate of drug-likeness (QED) is 0.793. The van der Waals surface area contributed by atoms with Crippen molar-refractivity contribution >= 4 is 28.9 Å². The summed E-state index contributed by atoms with van der Waals surface area (Å²) in [6.07, 6.45) is 4.11. The van der Waals surface area contributed by atoms with Crippen LogP contribution in [0.4, 0.5) is 0 Å². The Morgan fingerprint density at radius 1 is 1.30 bits per heavy atom. The molecule has 1 spiro atoms. The van der Waals surface area contributed by atoms with Gasteiger partial charge in [-0.3, -0.25) is 9.59 Å². The molecule has 0 aromatic carbocycles. The maximum Gasteiger partial charge on any atom is 0.269 e. The third kappa shape index (κ3) is 4.32. The van der Waals surface area contributed by atoms with Crippen LogP contribution in [0, 0.1) is 0 Å². The molecular formula is C19H26N4O3S. The fraction of sp³-hybridized carbons (Fsp3) is 0.632. The number of hydrogen-bond donors (Lipinski definition) is 1. The molecular weight excluding hydrogens is 364 g/mol. The van der Waals surface area contributed by atoms with Crippen LogP contribution in [0.15, 0.2) is 22.0 Å². The van der Waals surface area contributed by atoms with E-state index in [1.165, 1.54) is 12.8 Å². The summed E-state index contributed by atoms with van der Waals surface area (Å²) in [7, 11) is 0. The van der Waals surface area contributed by atoms with Gasteiger partial charge in [0.05, 0.1) is 13.0 Å². The van der Waals surface area contributed by atoms with Gasteiger partial charge < -0.3 is 20.0 Å². The van der Waals surface area contributed by atoms with Crippen LogP contribution >= 0.6 is 11.3 Å². The third-order valence-electron chi connectivity index (χ3n) is 5.62. The van der Waals surface area contributed by atoms with Crippen molar-refractivity contribution in [3.05, 3.63) is 22.4 Å². The van der Waals surface area contributed by atoms with E-state index in [2.05, 4.69) is 15.4 Å². The van der Waals surface area contributed by atoms with Gasteiger partial charge in [0.15, 0.2) is 5.60 Å². The maximum atomic E-state index is 12.5. The van der Waals surface area contributed by atoms with Gasteiger partial charge in [-0.25, -0.2) is 0 Å². The maximum absolute atomic E-state index is 12.5. The van der Waals surface area contributed by atoms with E-state index >= 15 is 0 Å². The van der Waals surface area contributed by atoms with Crippen LogP contribution in [-0.4, -0.2) is 72.2 Å². The molecule has 0 bridgehead atoms. The lowest BCUT2D eigenvalue weighted by atomic mass is 9.96. The highest BCUT2D eigenvalue weighted by molar-refractivity contribution is 7.08. The summed E-state index contributed by atoms with van der Waals surface area (Å²) in [6.45, 7) is 4.93. The largest absolute Gasteiger partial charge is 0.386 e. The van der Waals surface area contributed by atoms with Crippen molar-refractivity contribution in [1.29, 1.82) is 0 Å². The minimum absolute atomic E-state index is 0.109. The molecule has 0 saturated carbocycles. The van der Waals surface area contributed by atoms with Gasteiger partial charge in [0.1, 0.15) is 5.71 Å². The lowest BCUT2D eigenvalue weighted by Gasteiger charge is -2.21. The average Bonchev–Trinajstić information content (AvgIpc) is 3.44. The molecule has 7 nitrogen and oxygen atoms in total. The van der Waals surface area contributed by atoms with E-state index in [1.54, 1.807) is 11.3 Å². The molecule has 3 aliphatic rings. The van der Waals surface area contributed by atoms with Gasteiger partial charge in [0, 0.05) is 32.5 Å². The smallest absolute Gasteiger partial charge is 0.269 e. The Morgan fingerprint density at radius 2 is 2.15 bits per heavy atom. The minimum atomic E-state index is -0.522. The van der Waals surface area contributed by atoms with Crippen LogP contribution in [0.1, 0.15) is 31.2 Å². The van der Waals surface area contributed by atoms with Crippen LogP contribution < -0.4 is 5.32 Å². The lowest BCUT2D eigenvalue weighted by Crippen LogP contribution is -2.40. The van der Waals surface area contributed by atoms with Crippen LogP contribution in [0.2, 0.25) is 0 Å². The Morgan fingerprint density at radius 3 is 2.93 bits per heavy atom. The predicted molar refractivity (Wildman–Crippen MR) is 104 cm³/mol. The lowest BCUT2D eigenvalue weighted by molar-refractivity contribution is -0.130. The standard InChI is InChI=1S/C19H26N4O3S/c24-17(11-15-3-10-27-13-15)23-8-4-19(14-23)12-16(21-26-19)18(25)20-5-9-22-6-1-2-7-22/h3,10,13H,1-2,4-9,11-12,14H2,(H,20,25)/t19-/m0/s1. The van der Waals surface area contributed by atoms with Crippen LogP contribution in [0.5, 0.6) is 0 Å². The summed E-state index contributed by atoms with van der Waals surface area (Å²) in [4.78, 5) is 34.7. The molecule has 1 aromatic rings. The van der Waals surface area contributed by atoms with Crippen molar-refractivity contribution in [2.24, 2.45) is 5.16 Å². The summed E-state index contributed by atoms with van der Waals surface area (Å²) in [5.41, 5.74) is 0.975. The first-order valence-electron chi connectivity index (χ1n) is 9.68. The van der Waals surface area contributed by atoms with Gasteiger partial charge >= 0.3 is 0 Å². The summed E-state index contributed by atoms with van der Waals surface area (Å²) in [5.74, 6) is -0.0356. The number of oxime groups is 1. The number of amides is 2. The average molecular weight is 391 g/mol. The molecule has 2 amide bonds. The molecule has 146 valence electrons. The molecule has 8 heteroatoms. The minimum Gasteiger partial charge on any atom is -0.386 e. The van der Waals surface area contributed by atoms with E-state index in [4.69, 9.17) is 4.84 Å². The monoisotopic (exact) mass is 390 g/mol. The van der Waals surface area contributed by atoms with Crippen molar-refractivity contribution in [3.63, 3.8) is 0 Å². The van der Waals surface area contributed by atoms with E-state index in [-0.39, 0.29) is 11.8 Å². The van der Waals surface area contributed by atoms with Gasteiger partial charge in [-0.2, -0.15) is 11.3 Å². The molecule has 1 N–H and O–H groups in total. The van der Waals surface area contributed by atoms with Crippen LogP contribution in [0.3, 0.4) is 0 Å². The Hall–Kier alpha value is -1.93. The fourth-order valence-electron chi connectivity index (χ4n) is 4.04. The summed E-state index contributed by atoms with van der Waals surface area (Å²) < 4.78 is 0. The van der Waals surface area contributed by atoms with E-state index in [1.807, 2.05) is 21.7 Å². The number of nitrogens with one attached hydrogen (secondary N) is 1. The molecule has 4 rings (SSSR count). The first-order valence-corrected chi connectivity index (χ1v) is 10.6. The molecule has 4 heterocycles. The molecule has 0 unspecified atom stereocenters. The first-order chi connectivity index (χ1) is 13.1. The van der Waals surface area contributed by atoms with Gasteiger partial charge in [-0.15, -0.1) is 0 Å². The molecule has 3 aliphatic heterocycles. The predicted octanol–water partition coefficient (Wildman–Crippen LogP) is 1.25. The Balaban J connectivity index is 1.23. The zero-order valence-corrected chi connectivity index (χ0v) is 16.3. The van der Waals surface area contributed by atoms with Crippen molar-refractivity contribution in [2.75, 3.05) is 39.3 Å². The van der Waals surface area contributed by atoms with E-state index < -0.39 is 5.60 Å². The summed E-state index contributed by atoms with van der Waals surface area (Å²) in [6, 6.07) is 1.98. The molecule has 1 atom stereocenters. The Bertz CT molecular complexity index is 715. The molecule has 2 fully saturated rings. The molecule has 27 heavy (non-hydrogen) atoms. The van der Waals surface area contributed by atoms with Gasteiger partial charge in [-0.1, -0.05) is 5.16 Å². The highest BCUT2D eigenvalue weighted by Gasteiger charge is 2.47. The van der Waals surface area contributed by atoms with Crippen LogP contribution in [0.25, 0.3) is 0 Å². The normalized spacial score (nSPS) is 25.0. The van der Waals surface area contributed by atoms with Crippen LogP contribution in [-0.2, 0) is 20.8 Å². The second kappa shape index (κ2) is 7.98. The van der Waals surface area contributed by atoms with E-state index in [0.717, 1.165) is 31.6 Å². The number of nitrogens with zero attached hydrogens (tertiary/aromatic N) is 3. The molecule has 2 saturated heterocycles. The van der Waals surface area contributed by atoms with E-state index in [0.29, 0.717) is 38.2 Å². The topological polar surface area (TPSA) is 74.2 Å². The Kier molecular flexibility index (Phi) is 5.45.